The van der Waals surface area contributed by atoms with Gasteiger partial charge in [-0.3, -0.25) is 0 Å². The minimum Gasteiger partial charge on any atom is -0.318 e. The van der Waals surface area contributed by atoms with Gasteiger partial charge in [-0.15, -0.1) is 0 Å². The number of nitrogens with zero attached hydrogens (tertiary/aromatic N) is 1. The number of nitrogens with one attached hydrogen (secondary N) is 1. The van der Waals surface area contributed by atoms with E-state index in [9.17, 15) is 0 Å². The van der Waals surface area contributed by atoms with Crippen LogP contribution in [0.5, 0.6) is 0 Å². The first-order chi connectivity index (χ1) is 8.79. The van der Waals surface area contributed by atoms with Crippen molar-refractivity contribution in [3.8, 4) is 0 Å². The minimum absolute atomic E-state index is 0.352. The van der Waals surface area contributed by atoms with Gasteiger partial charge in [0, 0.05) is 18.0 Å². The van der Waals surface area contributed by atoms with E-state index >= 15 is 0 Å². The van der Waals surface area contributed by atoms with Gasteiger partial charge in [-0.25, -0.2) is 4.98 Å². The molecule has 1 N–H and O–H groups in total. The maximum absolute atomic E-state index is 5.84. The summed E-state index contributed by atoms with van der Waals surface area (Å²) in [6.45, 7) is 0.902. The standard InChI is InChI=1S/C14H15ClN2S/c1-16-10-13(11-5-3-2-4-6-11)18-14-8-7-12(15)9-17-14/h2-9,13,16H,10H2,1H3. The summed E-state index contributed by atoms with van der Waals surface area (Å²) in [6.07, 6.45) is 1.69. The van der Waals surface area contributed by atoms with Gasteiger partial charge >= 0.3 is 0 Å². The van der Waals surface area contributed by atoms with Gasteiger partial charge in [0.15, 0.2) is 0 Å². The normalized spacial score (nSPS) is 12.3. The number of hydrogen-bond acceptors (Lipinski definition) is 3. The predicted molar refractivity (Wildman–Crippen MR) is 78.2 cm³/mol. The number of benzene rings is 1. The number of rotatable bonds is 5. The van der Waals surface area contributed by atoms with E-state index in [4.69, 9.17) is 11.6 Å². The first-order valence-electron chi connectivity index (χ1n) is 5.77. The second-order valence-corrected chi connectivity index (χ2v) is 5.55. The molecule has 4 heteroatoms. The summed E-state index contributed by atoms with van der Waals surface area (Å²) in [6, 6.07) is 14.3. The fraction of sp³-hybridized carbons (Fsp3) is 0.214. The fourth-order valence-electron chi connectivity index (χ4n) is 1.66. The SMILES string of the molecule is CNCC(Sc1ccc(Cl)cn1)c1ccccc1. The maximum Gasteiger partial charge on any atom is 0.0967 e. The molecule has 0 spiro atoms. The van der Waals surface area contributed by atoms with Gasteiger partial charge in [-0.2, -0.15) is 0 Å². The highest BCUT2D eigenvalue weighted by Gasteiger charge is 2.12. The van der Waals surface area contributed by atoms with E-state index < -0.39 is 0 Å². The summed E-state index contributed by atoms with van der Waals surface area (Å²) in [5.74, 6) is 0. The summed E-state index contributed by atoms with van der Waals surface area (Å²) < 4.78 is 0. The molecule has 2 aromatic rings. The van der Waals surface area contributed by atoms with E-state index in [1.807, 2.05) is 25.2 Å². The molecule has 1 aromatic carbocycles. The molecule has 94 valence electrons. The smallest absolute Gasteiger partial charge is 0.0967 e. The third-order valence-corrected chi connectivity index (χ3v) is 3.95. The topological polar surface area (TPSA) is 24.9 Å². The molecule has 2 nitrogen and oxygen atoms in total. The van der Waals surface area contributed by atoms with Crippen molar-refractivity contribution in [3.05, 3.63) is 59.2 Å². The molecule has 1 aromatic heterocycles. The van der Waals surface area contributed by atoms with Crippen LogP contribution in [0, 0.1) is 0 Å². The fourth-order valence-corrected chi connectivity index (χ4v) is 2.87. The van der Waals surface area contributed by atoms with Crippen LogP contribution in [0.25, 0.3) is 0 Å². The Balaban J connectivity index is 2.14. The van der Waals surface area contributed by atoms with E-state index in [1.165, 1.54) is 5.56 Å². The van der Waals surface area contributed by atoms with Crippen molar-refractivity contribution in [1.29, 1.82) is 0 Å². The van der Waals surface area contributed by atoms with Gasteiger partial charge in [0.25, 0.3) is 0 Å². The number of pyridine rings is 1. The molecule has 0 saturated heterocycles. The minimum atomic E-state index is 0.352. The molecular weight excluding hydrogens is 264 g/mol. The molecule has 0 bridgehead atoms. The lowest BCUT2D eigenvalue weighted by Crippen LogP contribution is -2.14. The van der Waals surface area contributed by atoms with Crippen molar-refractivity contribution in [2.45, 2.75) is 10.3 Å². The second-order valence-electron chi connectivity index (χ2n) is 3.89. The summed E-state index contributed by atoms with van der Waals surface area (Å²) in [5.41, 5.74) is 1.30. The molecule has 0 fully saturated rings. The van der Waals surface area contributed by atoms with Gasteiger partial charge in [-0.05, 0) is 24.7 Å². The zero-order valence-electron chi connectivity index (χ0n) is 10.1. The Morgan fingerprint density at radius 2 is 2.00 bits per heavy atom. The molecule has 0 radical (unpaired) electrons. The number of aromatic nitrogens is 1. The zero-order chi connectivity index (χ0) is 12.8. The molecule has 1 atom stereocenters. The third-order valence-electron chi connectivity index (χ3n) is 2.52. The van der Waals surface area contributed by atoms with E-state index in [2.05, 4.69) is 34.6 Å². The molecule has 0 saturated carbocycles. The van der Waals surface area contributed by atoms with Gasteiger partial charge in [-0.1, -0.05) is 53.7 Å². The Hall–Kier alpha value is -1.03. The maximum atomic E-state index is 5.84. The lowest BCUT2D eigenvalue weighted by atomic mass is 10.1. The van der Waals surface area contributed by atoms with E-state index in [1.54, 1.807) is 18.0 Å². The predicted octanol–water partition coefficient (Wildman–Crippen LogP) is 3.79. The molecule has 0 aliphatic rings. The van der Waals surface area contributed by atoms with Crippen LogP contribution in [0.3, 0.4) is 0 Å². The third kappa shape index (κ3) is 3.73. The number of likely N-dealkylation sites (N-methyl/N-ethyl adjacent to an activating group) is 1. The molecule has 2 rings (SSSR count). The van der Waals surface area contributed by atoms with Crippen LogP contribution < -0.4 is 5.32 Å². The Morgan fingerprint density at radius 3 is 2.61 bits per heavy atom. The van der Waals surface area contributed by atoms with E-state index in [0.29, 0.717) is 10.3 Å². The van der Waals surface area contributed by atoms with Gasteiger partial charge < -0.3 is 5.32 Å². The summed E-state index contributed by atoms with van der Waals surface area (Å²) >= 11 is 7.59. The van der Waals surface area contributed by atoms with E-state index in [-0.39, 0.29) is 0 Å². The van der Waals surface area contributed by atoms with Gasteiger partial charge in [0.2, 0.25) is 0 Å². The van der Waals surface area contributed by atoms with Crippen molar-refractivity contribution < 1.29 is 0 Å². The van der Waals surface area contributed by atoms with Crippen LogP contribution in [-0.2, 0) is 0 Å². The number of thioether (sulfide) groups is 1. The largest absolute Gasteiger partial charge is 0.318 e. The van der Waals surface area contributed by atoms with Crippen LogP contribution >= 0.6 is 23.4 Å². The quantitative estimate of drug-likeness (QED) is 0.843. The summed E-state index contributed by atoms with van der Waals surface area (Å²) in [5, 5.41) is 5.23. The molecule has 0 aliphatic heterocycles. The van der Waals surface area contributed by atoms with Crippen LogP contribution in [0.1, 0.15) is 10.8 Å². The number of hydrogen-bond donors (Lipinski definition) is 1. The van der Waals surface area contributed by atoms with Crippen molar-refractivity contribution >= 4 is 23.4 Å². The Morgan fingerprint density at radius 1 is 1.22 bits per heavy atom. The van der Waals surface area contributed by atoms with Crippen LogP contribution in [-0.4, -0.2) is 18.6 Å². The molecule has 0 amide bonds. The van der Waals surface area contributed by atoms with Crippen LogP contribution in [0.15, 0.2) is 53.7 Å². The van der Waals surface area contributed by atoms with Crippen LogP contribution in [0.4, 0.5) is 0 Å². The van der Waals surface area contributed by atoms with Crippen molar-refractivity contribution in [2.24, 2.45) is 0 Å². The Labute approximate surface area is 117 Å². The van der Waals surface area contributed by atoms with Crippen LogP contribution in [0.2, 0.25) is 5.02 Å². The molecule has 18 heavy (non-hydrogen) atoms. The molecular formula is C14H15ClN2S. The van der Waals surface area contributed by atoms with Crippen molar-refractivity contribution in [2.75, 3.05) is 13.6 Å². The van der Waals surface area contributed by atoms with Gasteiger partial charge in [0.1, 0.15) is 0 Å². The monoisotopic (exact) mass is 278 g/mol. The average Bonchev–Trinajstić information content (AvgIpc) is 2.42. The summed E-state index contributed by atoms with van der Waals surface area (Å²) in [7, 11) is 1.96. The van der Waals surface area contributed by atoms with Crippen molar-refractivity contribution in [1.82, 2.24) is 10.3 Å². The molecule has 0 aliphatic carbocycles. The molecule has 1 unspecified atom stereocenters. The highest BCUT2D eigenvalue weighted by Crippen LogP contribution is 2.33. The second kappa shape index (κ2) is 6.78. The number of halogens is 1. The first kappa shape index (κ1) is 13.4. The summed E-state index contributed by atoms with van der Waals surface area (Å²) in [4.78, 5) is 4.33. The van der Waals surface area contributed by atoms with Gasteiger partial charge in [0.05, 0.1) is 10.0 Å². The highest BCUT2D eigenvalue weighted by atomic mass is 35.5. The Bertz CT molecular complexity index is 473. The van der Waals surface area contributed by atoms with E-state index in [0.717, 1.165) is 11.6 Å². The highest BCUT2D eigenvalue weighted by molar-refractivity contribution is 7.99. The van der Waals surface area contributed by atoms with Crippen molar-refractivity contribution in [3.63, 3.8) is 0 Å². The lowest BCUT2D eigenvalue weighted by molar-refractivity contribution is 0.776. The molecule has 1 heterocycles. The Kier molecular flexibility index (Phi) is 5.05. The average molecular weight is 279 g/mol. The first-order valence-corrected chi connectivity index (χ1v) is 7.03. The zero-order valence-corrected chi connectivity index (χ0v) is 11.7. The lowest BCUT2D eigenvalue weighted by Gasteiger charge is -2.16.